The molecule has 174 valence electrons. The number of thiazole rings is 1. The SMILES string of the molecule is COc1ccc(OC)c(-c2csc(N(CCCN3CCOCC3)C(=O)c3ccncc3)n2)c1. The summed E-state index contributed by atoms with van der Waals surface area (Å²) in [5.74, 6) is 1.33. The summed E-state index contributed by atoms with van der Waals surface area (Å²) in [7, 11) is 3.26. The maximum Gasteiger partial charge on any atom is 0.260 e. The van der Waals surface area contributed by atoms with Crippen molar-refractivity contribution in [3.8, 4) is 22.8 Å². The summed E-state index contributed by atoms with van der Waals surface area (Å²) in [6.45, 7) is 4.85. The van der Waals surface area contributed by atoms with Crippen LogP contribution in [0.15, 0.2) is 48.1 Å². The third kappa shape index (κ3) is 5.68. The Labute approximate surface area is 197 Å². The highest BCUT2D eigenvalue weighted by molar-refractivity contribution is 7.14. The van der Waals surface area contributed by atoms with Crippen LogP contribution < -0.4 is 14.4 Å². The smallest absolute Gasteiger partial charge is 0.260 e. The van der Waals surface area contributed by atoms with E-state index >= 15 is 0 Å². The molecule has 0 radical (unpaired) electrons. The van der Waals surface area contributed by atoms with Crippen molar-refractivity contribution in [2.75, 3.05) is 58.5 Å². The zero-order chi connectivity index (χ0) is 23.0. The van der Waals surface area contributed by atoms with Gasteiger partial charge in [-0.1, -0.05) is 0 Å². The van der Waals surface area contributed by atoms with Gasteiger partial charge in [0.15, 0.2) is 5.13 Å². The van der Waals surface area contributed by atoms with Gasteiger partial charge in [0.2, 0.25) is 0 Å². The highest BCUT2D eigenvalue weighted by Gasteiger charge is 2.22. The van der Waals surface area contributed by atoms with Crippen LogP contribution in [0, 0.1) is 0 Å². The first-order chi connectivity index (χ1) is 16.2. The number of benzene rings is 1. The van der Waals surface area contributed by atoms with Gasteiger partial charge in [-0.15, -0.1) is 11.3 Å². The lowest BCUT2D eigenvalue weighted by molar-refractivity contribution is 0.0376. The molecule has 0 unspecified atom stereocenters. The highest BCUT2D eigenvalue weighted by atomic mass is 32.1. The molecule has 0 spiro atoms. The number of hydrogen-bond acceptors (Lipinski definition) is 8. The Hall–Kier alpha value is -3.01. The van der Waals surface area contributed by atoms with Crippen molar-refractivity contribution in [1.82, 2.24) is 14.9 Å². The summed E-state index contributed by atoms with van der Waals surface area (Å²) in [6, 6.07) is 9.06. The van der Waals surface area contributed by atoms with Crippen molar-refractivity contribution in [1.29, 1.82) is 0 Å². The summed E-state index contributed by atoms with van der Waals surface area (Å²) in [4.78, 5) is 26.4. The number of rotatable bonds is 9. The number of anilines is 1. The van der Waals surface area contributed by atoms with Crippen molar-refractivity contribution >= 4 is 22.4 Å². The fourth-order valence-corrected chi connectivity index (χ4v) is 4.59. The van der Waals surface area contributed by atoms with E-state index in [2.05, 4.69) is 9.88 Å². The van der Waals surface area contributed by atoms with Crippen LogP contribution >= 0.6 is 11.3 Å². The average molecular weight is 469 g/mol. The standard InChI is InChI=1S/C24H28N4O4S/c1-30-19-4-5-22(31-2)20(16-19)21-17-33-24(26-21)28(23(29)18-6-8-25-9-7-18)11-3-10-27-12-14-32-15-13-27/h4-9,16-17H,3,10-15H2,1-2H3. The normalized spacial score (nSPS) is 14.1. The Kier molecular flexibility index (Phi) is 7.87. The number of aromatic nitrogens is 2. The van der Waals surface area contributed by atoms with Gasteiger partial charge in [0.25, 0.3) is 5.91 Å². The Balaban J connectivity index is 1.58. The van der Waals surface area contributed by atoms with E-state index in [9.17, 15) is 4.79 Å². The highest BCUT2D eigenvalue weighted by Crippen LogP contribution is 2.36. The Bertz CT molecular complexity index is 1050. The maximum absolute atomic E-state index is 13.4. The molecule has 1 aromatic carbocycles. The molecule has 3 heterocycles. The van der Waals surface area contributed by atoms with Crippen molar-refractivity contribution < 1.29 is 19.0 Å². The van der Waals surface area contributed by atoms with Crippen molar-refractivity contribution in [3.05, 3.63) is 53.7 Å². The fourth-order valence-electron chi connectivity index (χ4n) is 3.74. The molecular weight excluding hydrogens is 440 g/mol. The molecule has 1 amide bonds. The number of methoxy groups -OCH3 is 2. The molecule has 3 aromatic rings. The number of ether oxygens (including phenoxy) is 3. The minimum atomic E-state index is -0.0853. The Morgan fingerprint density at radius 1 is 1.15 bits per heavy atom. The molecule has 0 aliphatic carbocycles. The lowest BCUT2D eigenvalue weighted by Gasteiger charge is -2.27. The van der Waals surface area contributed by atoms with E-state index in [0.29, 0.717) is 23.0 Å². The lowest BCUT2D eigenvalue weighted by atomic mass is 10.1. The van der Waals surface area contributed by atoms with E-state index in [1.165, 1.54) is 11.3 Å². The molecule has 0 saturated carbocycles. The molecule has 0 N–H and O–H groups in total. The van der Waals surface area contributed by atoms with Gasteiger partial charge in [-0.05, 0) is 36.8 Å². The van der Waals surface area contributed by atoms with E-state index < -0.39 is 0 Å². The minimum Gasteiger partial charge on any atom is -0.497 e. The Morgan fingerprint density at radius 2 is 1.94 bits per heavy atom. The van der Waals surface area contributed by atoms with Crippen LogP contribution in [-0.4, -0.2) is 74.4 Å². The Morgan fingerprint density at radius 3 is 2.67 bits per heavy atom. The first-order valence-electron chi connectivity index (χ1n) is 10.9. The number of carbonyl (C=O) groups is 1. The van der Waals surface area contributed by atoms with E-state index in [4.69, 9.17) is 19.2 Å². The van der Waals surface area contributed by atoms with Crippen molar-refractivity contribution in [3.63, 3.8) is 0 Å². The molecular formula is C24H28N4O4S. The largest absolute Gasteiger partial charge is 0.497 e. The molecule has 2 aromatic heterocycles. The second-order valence-corrected chi connectivity index (χ2v) is 8.42. The number of hydrogen-bond donors (Lipinski definition) is 0. The van der Waals surface area contributed by atoms with Gasteiger partial charge in [0, 0.05) is 55.1 Å². The van der Waals surface area contributed by atoms with Crippen LogP contribution in [0.1, 0.15) is 16.8 Å². The summed E-state index contributed by atoms with van der Waals surface area (Å²) >= 11 is 1.44. The van der Waals surface area contributed by atoms with Gasteiger partial charge in [0.1, 0.15) is 11.5 Å². The van der Waals surface area contributed by atoms with Gasteiger partial charge in [-0.3, -0.25) is 19.6 Å². The summed E-state index contributed by atoms with van der Waals surface area (Å²) in [5, 5.41) is 2.60. The third-order valence-corrected chi connectivity index (χ3v) is 6.40. The fraction of sp³-hybridized carbons (Fsp3) is 0.375. The van der Waals surface area contributed by atoms with Crippen molar-refractivity contribution in [2.24, 2.45) is 0 Å². The molecule has 1 saturated heterocycles. The molecule has 0 bridgehead atoms. The molecule has 1 aliphatic rings. The van der Waals surface area contributed by atoms with Crippen molar-refractivity contribution in [2.45, 2.75) is 6.42 Å². The van der Waals surface area contributed by atoms with Crippen LogP contribution in [0.5, 0.6) is 11.5 Å². The zero-order valence-electron chi connectivity index (χ0n) is 18.9. The second kappa shape index (κ2) is 11.2. The predicted molar refractivity (Wildman–Crippen MR) is 128 cm³/mol. The van der Waals surface area contributed by atoms with E-state index in [1.807, 2.05) is 23.6 Å². The molecule has 33 heavy (non-hydrogen) atoms. The number of nitrogens with zero attached hydrogens (tertiary/aromatic N) is 4. The molecule has 1 aliphatic heterocycles. The van der Waals surface area contributed by atoms with Gasteiger partial charge in [-0.25, -0.2) is 4.98 Å². The number of amides is 1. The number of morpholine rings is 1. The molecule has 1 fully saturated rings. The van der Waals surface area contributed by atoms with Gasteiger partial charge < -0.3 is 14.2 Å². The van der Waals surface area contributed by atoms with Crippen LogP contribution in [0.4, 0.5) is 5.13 Å². The maximum atomic E-state index is 13.4. The predicted octanol–water partition coefficient (Wildman–Crippen LogP) is 3.59. The number of pyridine rings is 1. The summed E-state index contributed by atoms with van der Waals surface area (Å²) < 4.78 is 16.3. The van der Waals surface area contributed by atoms with Gasteiger partial charge in [0.05, 0.1) is 33.1 Å². The van der Waals surface area contributed by atoms with Gasteiger partial charge >= 0.3 is 0 Å². The molecule has 4 rings (SSSR count). The summed E-state index contributed by atoms with van der Waals surface area (Å²) in [6.07, 6.45) is 4.11. The van der Waals surface area contributed by atoms with Crippen LogP contribution in [0.25, 0.3) is 11.3 Å². The first-order valence-corrected chi connectivity index (χ1v) is 11.8. The minimum absolute atomic E-state index is 0.0853. The second-order valence-electron chi connectivity index (χ2n) is 7.58. The van der Waals surface area contributed by atoms with Crippen LogP contribution in [0.3, 0.4) is 0 Å². The van der Waals surface area contributed by atoms with E-state index in [-0.39, 0.29) is 5.91 Å². The van der Waals surface area contributed by atoms with E-state index in [0.717, 1.165) is 56.3 Å². The average Bonchev–Trinajstić information content (AvgIpc) is 3.37. The molecule has 8 nitrogen and oxygen atoms in total. The molecule has 0 atom stereocenters. The number of carbonyl (C=O) groups excluding carboxylic acids is 1. The first kappa shape index (κ1) is 23.2. The van der Waals surface area contributed by atoms with E-state index in [1.54, 1.807) is 43.6 Å². The summed E-state index contributed by atoms with van der Waals surface area (Å²) in [5.41, 5.74) is 2.16. The van der Waals surface area contributed by atoms with Crippen LogP contribution in [0.2, 0.25) is 0 Å². The quantitative estimate of drug-likeness (QED) is 0.475. The van der Waals surface area contributed by atoms with Crippen LogP contribution in [-0.2, 0) is 4.74 Å². The zero-order valence-corrected chi connectivity index (χ0v) is 19.7. The topological polar surface area (TPSA) is 77.0 Å². The molecule has 9 heteroatoms. The monoisotopic (exact) mass is 468 g/mol. The lowest BCUT2D eigenvalue weighted by Crippen LogP contribution is -2.39. The van der Waals surface area contributed by atoms with Gasteiger partial charge in [-0.2, -0.15) is 0 Å². The third-order valence-electron chi connectivity index (χ3n) is 5.54.